The Balaban J connectivity index is 0.00000242. The molecular weight excluding hydrogens is 304 g/mol. The molecule has 122 valence electrons. The van der Waals surface area contributed by atoms with Gasteiger partial charge in [-0.15, -0.1) is 12.4 Å². The average molecular weight is 328 g/mol. The first-order valence-electron chi connectivity index (χ1n) is 7.05. The Hall–Kier alpha value is -1.24. The fraction of sp³-hybridized carbons (Fsp3) is 0.533. The van der Waals surface area contributed by atoms with Crippen LogP contribution in [0.1, 0.15) is 33.3 Å². The molecule has 0 aromatic heterocycles. The van der Waals surface area contributed by atoms with Crippen molar-refractivity contribution in [2.45, 2.75) is 45.3 Å². The molecule has 5 nitrogen and oxygen atoms in total. The van der Waals surface area contributed by atoms with Crippen molar-refractivity contribution >= 4 is 37.1 Å². The first kappa shape index (κ1) is 18.8. The lowest BCUT2D eigenvalue weighted by atomic mass is 9.78. The van der Waals surface area contributed by atoms with Gasteiger partial charge in [-0.1, -0.05) is 6.07 Å². The van der Waals surface area contributed by atoms with Gasteiger partial charge in [0.25, 0.3) is 6.47 Å². The van der Waals surface area contributed by atoms with Gasteiger partial charge in [-0.2, -0.15) is 0 Å². The van der Waals surface area contributed by atoms with Crippen LogP contribution in [0.2, 0.25) is 0 Å². The molecule has 0 spiro atoms. The number of carbonyl (C=O) groups is 1. The summed E-state index contributed by atoms with van der Waals surface area (Å²) in [7, 11) is -0.441. The van der Waals surface area contributed by atoms with Crippen LogP contribution >= 0.6 is 12.4 Å². The van der Waals surface area contributed by atoms with E-state index in [-0.39, 0.29) is 23.6 Å². The topological polar surface area (TPSA) is 70.8 Å². The number of nitrogens with two attached hydrogens (primary N) is 1. The highest BCUT2D eigenvalue weighted by Crippen LogP contribution is 2.36. The Morgan fingerprint density at radius 3 is 2.32 bits per heavy atom. The van der Waals surface area contributed by atoms with E-state index in [4.69, 9.17) is 19.8 Å². The van der Waals surface area contributed by atoms with Crippen LogP contribution in [-0.4, -0.2) is 31.4 Å². The van der Waals surface area contributed by atoms with Crippen molar-refractivity contribution < 1.29 is 18.8 Å². The summed E-state index contributed by atoms with van der Waals surface area (Å²) < 4.78 is 16.8. The van der Waals surface area contributed by atoms with Crippen LogP contribution in [0, 0.1) is 0 Å². The molecule has 0 saturated carbocycles. The third-order valence-electron chi connectivity index (χ3n) is 4.14. The van der Waals surface area contributed by atoms with Gasteiger partial charge in [0, 0.05) is 12.1 Å². The van der Waals surface area contributed by atoms with E-state index in [0.717, 1.165) is 11.0 Å². The molecular formula is C15H23BClNO4. The quantitative estimate of drug-likeness (QED) is 0.386. The largest absolute Gasteiger partial charge is 0.494 e. The number of benzene rings is 1. The number of carbonyl (C=O) groups excluding carboxylic acids is 1. The Morgan fingerprint density at radius 2 is 1.77 bits per heavy atom. The SMILES string of the molecule is CC1(C)OB(c2cc(N)cc(CCOC=O)c2)OC1(C)C.Cl. The molecule has 2 rings (SSSR count). The second kappa shape index (κ2) is 6.90. The molecule has 0 aliphatic carbocycles. The molecule has 0 atom stereocenters. The van der Waals surface area contributed by atoms with Gasteiger partial charge in [0.1, 0.15) is 0 Å². The van der Waals surface area contributed by atoms with Gasteiger partial charge in [-0.25, -0.2) is 0 Å². The summed E-state index contributed by atoms with van der Waals surface area (Å²) in [6, 6.07) is 5.70. The second-order valence-corrected chi connectivity index (χ2v) is 6.31. The van der Waals surface area contributed by atoms with Crippen molar-refractivity contribution in [1.29, 1.82) is 0 Å². The predicted octanol–water partition coefficient (Wildman–Crippen LogP) is 1.71. The molecule has 1 aromatic carbocycles. The van der Waals surface area contributed by atoms with Crippen LogP contribution in [0.3, 0.4) is 0 Å². The summed E-state index contributed by atoms with van der Waals surface area (Å²) in [5.41, 5.74) is 7.69. The van der Waals surface area contributed by atoms with Crippen LogP contribution in [0.5, 0.6) is 0 Å². The molecule has 0 unspecified atom stereocenters. The Kier molecular flexibility index (Phi) is 5.90. The van der Waals surface area contributed by atoms with E-state index in [9.17, 15) is 4.79 Å². The van der Waals surface area contributed by atoms with Crippen LogP contribution in [0.4, 0.5) is 5.69 Å². The number of nitrogen functional groups attached to an aromatic ring is 1. The zero-order valence-corrected chi connectivity index (χ0v) is 14.2. The Labute approximate surface area is 138 Å². The van der Waals surface area contributed by atoms with Crippen molar-refractivity contribution in [3.63, 3.8) is 0 Å². The lowest BCUT2D eigenvalue weighted by molar-refractivity contribution is -0.128. The summed E-state index contributed by atoms with van der Waals surface area (Å²) in [5.74, 6) is 0. The van der Waals surface area contributed by atoms with E-state index in [0.29, 0.717) is 25.2 Å². The molecule has 0 bridgehead atoms. The standard InChI is InChI=1S/C15H22BNO4.ClH/c1-14(2)15(3,4)21-16(20-14)12-7-11(5-6-19-10-18)8-13(17)9-12;/h7-10H,5-6,17H2,1-4H3;1H. The summed E-state index contributed by atoms with van der Waals surface area (Å²) in [6.07, 6.45) is 0.607. The maximum atomic E-state index is 10.2. The smallest absolute Gasteiger partial charge is 0.468 e. The van der Waals surface area contributed by atoms with Gasteiger partial charge in [0.05, 0.1) is 17.8 Å². The van der Waals surface area contributed by atoms with Crippen molar-refractivity contribution in [2.24, 2.45) is 0 Å². The van der Waals surface area contributed by atoms with E-state index >= 15 is 0 Å². The molecule has 22 heavy (non-hydrogen) atoms. The monoisotopic (exact) mass is 327 g/mol. The molecule has 1 heterocycles. The number of anilines is 1. The Bertz CT molecular complexity index is 520. The van der Waals surface area contributed by atoms with Crippen molar-refractivity contribution in [2.75, 3.05) is 12.3 Å². The summed E-state index contributed by atoms with van der Waals surface area (Å²) in [4.78, 5) is 10.2. The first-order valence-corrected chi connectivity index (χ1v) is 7.05. The third kappa shape index (κ3) is 3.94. The summed E-state index contributed by atoms with van der Waals surface area (Å²) in [5, 5.41) is 0. The summed E-state index contributed by atoms with van der Waals surface area (Å²) >= 11 is 0. The number of hydrogen-bond acceptors (Lipinski definition) is 5. The van der Waals surface area contributed by atoms with E-state index in [1.54, 1.807) is 0 Å². The molecule has 0 radical (unpaired) electrons. The molecule has 1 aliphatic rings. The van der Waals surface area contributed by atoms with E-state index in [1.807, 2.05) is 45.9 Å². The molecule has 7 heteroatoms. The zero-order chi connectivity index (χ0) is 15.7. The van der Waals surface area contributed by atoms with Crippen LogP contribution in [-0.2, 0) is 25.3 Å². The molecule has 1 aromatic rings. The maximum absolute atomic E-state index is 10.2. The van der Waals surface area contributed by atoms with Gasteiger partial charge >= 0.3 is 7.12 Å². The van der Waals surface area contributed by atoms with Gasteiger partial charge in [0.2, 0.25) is 0 Å². The minimum atomic E-state index is -0.441. The van der Waals surface area contributed by atoms with Gasteiger partial charge in [0.15, 0.2) is 0 Å². The average Bonchev–Trinajstić information content (AvgIpc) is 2.58. The molecule has 1 aliphatic heterocycles. The second-order valence-electron chi connectivity index (χ2n) is 6.31. The minimum absolute atomic E-state index is 0. The fourth-order valence-electron chi connectivity index (χ4n) is 2.23. The molecule has 1 saturated heterocycles. The lowest BCUT2D eigenvalue weighted by Gasteiger charge is -2.32. The summed E-state index contributed by atoms with van der Waals surface area (Å²) in [6.45, 7) is 8.82. The van der Waals surface area contributed by atoms with Gasteiger partial charge in [-0.05, 0) is 50.9 Å². The fourth-order valence-corrected chi connectivity index (χ4v) is 2.23. The van der Waals surface area contributed by atoms with E-state index in [1.165, 1.54) is 0 Å². The van der Waals surface area contributed by atoms with Crippen molar-refractivity contribution in [1.82, 2.24) is 0 Å². The number of rotatable bonds is 5. The highest BCUT2D eigenvalue weighted by molar-refractivity contribution is 6.62. The van der Waals surface area contributed by atoms with Crippen LogP contribution in [0.25, 0.3) is 0 Å². The molecule has 2 N–H and O–H groups in total. The van der Waals surface area contributed by atoms with Crippen LogP contribution < -0.4 is 11.2 Å². The van der Waals surface area contributed by atoms with Gasteiger partial charge in [-0.3, -0.25) is 4.79 Å². The van der Waals surface area contributed by atoms with E-state index in [2.05, 4.69) is 0 Å². The molecule has 0 amide bonds. The normalized spacial score (nSPS) is 18.6. The number of halogens is 1. The van der Waals surface area contributed by atoms with E-state index < -0.39 is 7.12 Å². The zero-order valence-electron chi connectivity index (χ0n) is 13.4. The van der Waals surface area contributed by atoms with Crippen molar-refractivity contribution in [3.05, 3.63) is 23.8 Å². The number of ether oxygens (including phenoxy) is 1. The lowest BCUT2D eigenvalue weighted by Crippen LogP contribution is -2.41. The Morgan fingerprint density at radius 1 is 1.18 bits per heavy atom. The first-order chi connectivity index (χ1) is 9.75. The van der Waals surface area contributed by atoms with Crippen molar-refractivity contribution in [3.8, 4) is 0 Å². The highest BCUT2D eigenvalue weighted by Gasteiger charge is 2.51. The predicted molar refractivity (Wildman–Crippen MR) is 89.5 cm³/mol. The minimum Gasteiger partial charge on any atom is -0.468 e. The van der Waals surface area contributed by atoms with Gasteiger partial charge < -0.3 is 19.8 Å². The number of hydrogen-bond donors (Lipinski definition) is 1. The highest BCUT2D eigenvalue weighted by atomic mass is 35.5. The van der Waals surface area contributed by atoms with Crippen LogP contribution in [0.15, 0.2) is 18.2 Å². The molecule has 1 fully saturated rings. The third-order valence-corrected chi connectivity index (χ3v) is 4.14. The maximum Gasteiger partial charge on any atom is 0.494 e.